The van der Waals surface area contributed by atoms with Gasteiger partial charge in [-0.15, -0.1) is 0 Å². The van der Waals surface area contributed by atoms with Crippen LogP contribution < -0.4 is 10.3 Å². The summed E-state index contributed by atoms with van der Waals surface area (Å²) in [6.07, 6.45) is 1.53. The Hall–Kier alpha value is -3.08. The Balaban J connectivity index is 1.63. The fourth-order valence-electron chi connectivity index (χ4n) is 3.48. The van der Waals surface area contributed by atoms with E-state index in [-0.39, 0.29) is 23.8 Å². The summed E-state index contributed by atoms with van der Waals surface area (Å²) in [4.78, 5) is 28.4. The average molecular weight is 635 g/mol. The number of halogens is 3. The lowest BCUT2D eigenvalue weighted by Crippen LogP contribution is -2.23. The largest absolute Gasteiger partial charge is 0.486 e. The molecular formula is C25H19Br2ClN4O4. The predicted octanol–water partition coefficient (Wildman–Crippen LogP) is 7.07. The monoisotopic (exact) mass is 632 g/mol. The van der Waals surface area contributed by atoms with E-state index in [9.17, 15) is 14.9 Å². The Morgan fingerprint density at radius 3 is 2.67 bits per heavy atom. The molecule has 4 aromatic rings. The van der Waals surface area contributed by atoms with E-state index < -0.39 is 4.92 Å². The Kier molecular flexibility index (Phi) is 7.87. The second kappa shape index (κ2) is 10.9. The second-order valence-electron chi connectivity index (χ2n) is 8.18. The zero-order chi connectivity index (χ0) is 26.0. The topological polar surface area (TPSA) is 99.6 Å². The fourth-order valence-corrected chi connectivity index (χ4v) is 4.83. The number of hydrogen-bond acceptors (Lipinski definition) is 6. The molecule has 0 bridgehead atoms. The van der Waals surface area contributed by atoms with E-state index in [0.29, 0.717) is 43.1 Å². The Bertz CT molecular complexity index is 1550. The van der Waals surface area contributed by atoms with E-state index in [1.165, 1.54) is 23.0 Å². The number of hydrogen-bond donors (Lipinski definition) is 0. The van der Waals surface area contributed by atoms with E-state index in [2.05, 4.69) is 41.9 Å². The maximum absolute atomic E-state index is 13.2. The summed E-state index contributed by atoms with van der Waals surface area (Å²) in [7, 11) is 0. The highest BCUT2D eigenvalue weighted by Gasteiger charge is 2.15. The second-order valence-corrected chi connectivity index (χ2v) is 10.4. The third-order valence-electron chi connectivity index (χ3n) is 5.20. The molecule has 1 heterocycles. The molecule has 0 aliphatic heterocycles. The van der Waals surface area contributed by atoms with E-state index in [1.54, 1.807) is 36.4 Å². The molecule has 0 unspecified atom stereocenters. The van der Waals surface area contributed by atoms with Crippen molar-refractivity contribution in [3.63, 3.8) is 0 Å². The van der Waals surface area contributed by atoms with Crippen molar-refractivity contribution in [2.75, 3.05) is 0 Å². The summed E-state index contributed by atoms with van der Waals surface area (Å²) in [5, 5.41) is 16.2. The molecule has 4 rings (SSSR count). The number of nitro groups is 1. The molecule has 0 N–H and O–H groups in total. The minimum absolute atomic E-state index is 0.0145. The normalized spacial score (nSPS) is 11.5. The van der Waals surface area contributed by atoms with Crippen LogP contribution in [0, 0.1) is 10.1 Å². The van der Waals surface area contributed by atoms with Gasteiger partial charge in [0.2, 0.25) is 0 Å². The molecule has 36 heavy (non-hydrogen) atoms. The molecule has 0 saturated heterocycles. The van der Waals surface area contributed by atoms with E-state index in [1.807, 2.05) is 19.9 Å². The van der Waals surface area contributed by atoms with Gasteiger partial charge < -0.3 is 4.74 Å². The van der Waals surface area contributed by atoms with Gasteiger partial charge in [-0.25, -0.2) is 4.98 Å². The highest BCUT2D eigenvalue weighted by Crippen LogP contribution is 2.35. The van der Waals surface area contributed by atoms with Gasteiger partial charge in [0, 0.05) is 22.5 Å². The lowest BCUT2D eigenvalue weighted by Gasteiger charge is -2.13. The van der Waals surface area contributed by atoms with Crippen LogP contribution in [0.2, 0.25) is 5.02 Å². The van der Waals surface area contributed by atoms with Crippen LogP contribution in [0.25, 0.3) is 10.9 Å². The number of aromatic nitrogens is 2. The van der Waals surface area contributed by atoms with Gasteiger partial charge in [0.05, 0.1) is 31.5 Å². The third kappa shape index (κ3) is 5.66. The fraction of sp³-hybridized carbons (Fsp3) is 0.160. The lowest BCUT2D eigenvalue weighted by molar-refractivity contribution is -0.384. The van der Waals surface area contributed by atoms with Crippen molar-refractivity contribution in [2.24, 2.45) is 5.10 Å². The summed E-state index contributed by atoms with van der Waals surface area (Å²) in [6.45, 7) is 3.98. The molecule has 0 fully saturated rings. The highest BCUT2D eigenvalue weighted by molar-refractivity contribution is 9.10. The molecule has 0 radical (unpaired) electrons. The van der Waals surface area contributed by atoms with Crippen LogP contribution in [-0.4, -0.2) is 20.8 Å². The number of benzene rings is 3. The summed E-state index contributed by atoms with van der Waals surface area (Å²) < 4.78 is 8.46. The molecule has 0 amide bonds. The molecule has 8 nitrogen and oxygen atoms in total. The van der Waals surface area contributed by atoms with E-state index in [0.717, 1.165) is 4.47 Å². The van der Waals surface area contributed by atoms with Crippen LogP contribution in [0.1, 0.15) is 36.7 Å². The van der Waals surface area contributed by atoms with Gasteiger partial charge in [0.1, 0.15) is 12.4 Å². The third-order valence-corrected chi connectivity index (χ3v) is 6.56. The summed E-state index contributed by atoms with van der Waals surface area (Å²) in [5.74, 6) is 0.883. The molecule has 0 aliphatic rings. The number of non-ortho nitro benzene ring substituents is 1. The van der Waals surface area contributed by atoms with Crippen molar-refractivity contribution >= 4 is 66.3 Å². The van der Waals surface area contributed by atoms with Gasteiger partial charge in [-0.05, 0) is 57.4 Å². The number of ether oxygens (including phenoxy) is 1. The van der Waals surface area contributed by atoms with Crippen molar-refractivity contribution < 1.29 is 9.66 Å². The zero-order valence-corrected chi connectivity index (χ0v) is 23.0. The number of fused-ring (bicyclic) bond motifs is 1. The number of rotatable bonds is 7. The van der Waals surface area contributed by atoms with Crippen LogP contribution in [0.15, 0.2) is 73.4 Å². The maximum Gasteiger partial charge on any atom is 0.282 e. The van der Waals surface area contributed by atoms with Gasteiger partial charge in [0.25, 0.3) is 11.2 Å². The molecule has 0 saturated carbocycles. The van der Waals surface area contributed by atoms with Crippen molar-refractivity contribution in [1.82, 2.24) is 9.66 Å². The molecule has 11 heteroatoms. The summed E-state index contributed by atoms with van der Waals surface area (Å²) in [6, 6.07) is 15.0. The van der Waals surface area contributed by atoms with Crippen LogP contribution in [0.4, 0.5) is 5.69 Å². The van der Waals surface area contributed by atoms with Gasteiger partial charge in [-0.1, -0.05) is 53.5 Å². The Morgan fingerprint density at radius 2 is 1.97 bits per heavy atom. The van der Waals surface area contributed by atoms with Crippen LogP contribution >= 0.6 is 43.5 Å². The van der Waals surface area contributed by atoms with Crippen molar-refractivity contribution in [3.05, 3.63) is 106 Å². The molecule has 1 aromatic heterocycles. The van der Waals surface area contributed by atoms with Crippen LogP contribution in [-0.2, 0) is 6.61 Å². The van der Waals surface area contributed by atoms with Gasteiger partial charge >= 0.3 is 0 Å². The SMILES string of the molecule is CC(C)c1nc2ccc(Br)cc2c(=O)n1N=Cc1cc(Cl)c(OCc2cccc([N+](=O)[O-])c2)c(Br)c1. The quantitative estimate of drug-likeness (QED) is 0.123. The first-order chi connectivity index (χ1) is 17.1. The average Bonchev–Trinajstić information content (AvgIpc) is 2.83. The predicted molar refractivity (Wildman–Crippen MR) is 147 cm³/mol. The Labute approximate surface area is 228 Å². The van der Waals surface area contributed by atoms with Crippen molar-refractivity contribution in [1.29, 1.82) is 0 Å². The first kappa shape index (κ1) is 26.0. The number of nitrogens with zero attached hydrogens (tertiary/aromatic N) is 4. The Morgan fingerprint density at radius 1 is 1.19 bits per heavy atom. The molecule has 3 aromatic carbocycles. The van der Waals surface area contributed by atoms with Crippen molar-refractivity contribution in [2.45, 2.75) is 26.4 Å². The molecule has 0 aliphatic carbocycles. The van der Waals surface area contributed by atoms with Crippen LogP contribution in [0.5, 0.6) is 5.75 Å². The molecule has 0 atom stereocenters. The molecule has 184 valence electrons. The lowest BCUT2D eigenvalue weighted by atomic mass is 10.2. The smallest absolute Gasteiger partial charge is 0.282 e. The summed E-state index contributed by atoms with van der Waals surface area (Å²) >= 11 is 13.3. The standard InChI is InChI=1S/C25H19Br2ClN4O4/c1-14(2)24-30-22-7-6-17(26)11-19(22)25(33)31(24)29-12-16-9-20(27)23(21(28)10-16)36-13-15-4-3-5-18(8-15)32(34)35/h3-12,14H,13H2,1-2H3. The first-order valence-corrected chi connectivity index (χ1v) is 12.7. The van der Waals surface area contributed by atoms with E-state index >= 15 is 0 Å². The molecule has 0 spiro atoms. The van der Waals surface area contributed by atoms with Gasteiger partial charge in [-0.2, -0.15) is 9.78 Å². The number of nitro benzene ring substituents is 1. The highest BCUT2D eigenvalue weighted by atomic mass is 79.9. The van der Waals surface area contributed by atoms with Gasteiger partial charge in [0.15, 0.2) is 5.75 Å². The van der Waals surface area contributed by atoms with Gasteiger partial charge in [-0.3, -0.25) is 14.9 Å². The minimum atomic E-state index is -0.458. The maximum atomic E-state index is 13.2. The van der Waals surface area contributed by atoms with Crippen molar-refractivity contribution in [3.8, 4) is 5.75 Å². The van der Waals surface area contributed by atoms with Crippen LogP contribution in [0.3, 0.4) is 0 Å². The molecular weight excluding hydrogens is 616 g/mol. The minimum Gasteiger partial charge on any atom is -0.486 e. The zero-order valence-electron chi connectivity index (χ0n) is 19.1. The van der Waals surface area contributed by atoms with E-state index in [4.69, 9.17) is 16.3 Å². The summed E-state index contributed by atoms with van der Waals surface area (Å²) in [5.41, 5.74) is 1.58. The first-order valence-electron chi connectivity index (χ1n) is 10.8.